The number of aliphatic carboxylic acids is 1. The molecule has 0 radical (unpaired) electrons. The van der Waals surface area contributed by atoms with Crippen molar-refractivity contribution in [2.75, 3.05) is 0 Å². The van der Waals surface area contributed by atoms with Gasteiger partial charge in [0.05, 0.1) is 5.52 Å². The number of fused-ring (bicyclic) bond motifs is 1. The molecule has 0 spiro atoms. The van der Waals surface area contributed by atoms with E-state index in [4.69, 9.17) is 0 Å². The maximum atomic E-state index is 11.1. The molecule has 1 aromatic heterocycles. The Labute approximate surface area is 129 Å². The zero-order chi connectivity index (χ0) is 15.7. The van der Waals surface area contributed by atoms with Gasteiger partial charge in [-0.1, -0.05) is 43.3 Å². The molecular formula is C19H18NO2-. The number of nitrogens with zero attached hydrogens (tertiary/aromatic N) is 1. The van der Waals surface area contributed by atoms with E-state index < -0.39 is 11.9 Å². The van der Waals surface area contributed by atoms with Crippen LogP contribution in [0, 0.1) is 12.8 Å². The number of carbonyl (C=O) groups is 1. The van der Waals surface area contributed by atoms with Crippen molar-refractivity contribution in [2.45, 2.75) is 20.3 Å². The normalized spacial score (nSPS) is 12.5. The minimum absolute atomic E-state index is 0.474. The fraction of sp³-hybridized carbons (Fsp3) is 0.211. The summed E-state index contributed by atoms with van der Waals surface area (Å²) in [5, 5.41) is 12.1. The topological polar surface area (TPSA) is 45.1 Å². The van der Waals surface area contributed by atoms with Crippen LogP contribution in [0.2, 0.25) is 0 Å². The van der Waals surface area contributed by atoms with Crippen LogP contribution in [0.15, 0.2) is 54.7 Å². The van der Waals surface area contributed by atoms with Gasteiger partial charge in [-0.25, -0.2) is 0 Å². The molecule has 112 valence electrons. The van der Waals surface area contributed by atoms with Gasteiger partial charge in [0.1, 0.15) is 0 Å². The standard InChI is InChI=1S/C19H19NO2/c1-13-7-3-5-9-17(13)20-12-15(11-14(2)19(21)22)16-8-4-6-10-18(16)20/h3-10,12,14H,11H2,1-2H3,(H,21,22)/p-1. The average Bonchev–Trinajstić information content (AvgIpc) is 2.86. The number of benzene rings is 2. The fourth-order valence-electron chi connectivity index (χ4n) is 2.86. The van der Waals surface area contributed by atoms with Gasteiger partial charge in [-0.3, -0.25) is 0 Å². The SMILES string of the molecule is Cc1ccccc1-n1cc(CC(C)C(=O)[O-])c2ccccc21. The highest BCUT2D eigenvalue weighted by molar-refractivity contribution is 5.86. The quantitative estimate of drug-likeness (QED) is 0.742. The first-order valence-electron chi connectivity index (χ1n) is 7.43. The molecule has 22 heavy (non-hydrogen) atoms. The van der Waals surface area contributed by atoms with Gasteiger partial charge in [-0.05, 0) is 42.5 Å². The first kappa shape index (κ1) is 14.4. The van der Waals surface area contributed by atoms with Crippen molar-refractivity contribution in [2.24, 2.45) is 5.92 Å². The molecule has 0 bridgehead atoms. The van der Waals surface area contributed by atoms with Crippen molar-refractivity contribution >= 4 is 16.9 Å². The van der Waals surface area contributed by atoms with Crippen molar-refractivity contribution in [1.29, 1.82) is 0 Å². The summed E-state index contributed by atoms with van der Waals surface area (Å²) in [5.74, 6) is -1.51. The first-order valence-corrected chi connectivity index (χ1v) is 7.43. The molecule has 3 heteroatoms. The van der Waals surface area contributed by atoms with Gasteiger partial charge in [0.15, 0.2) is 0 Å². The maximum absolute atomic E-state index is 11.1. The molecule has 1 unspecified atom stereocenters. The van der Waals surface area contributed by atoms with Gasteiger partial charge in [-0.15, -0.1) is 0 Å². The summed E-state index contributed by atoms with van der Waals surface area (Å²) in [6.45, 7) is 3.77. The molecule has 0 saturated carbocycles. The van der Waals surface area contributed by atoms with E-state index in [2.05, 4.69) is 29.7 Å². The molecule has 1 heterocycles. The van der Waals surface area contributed by atoms with Crippen LogP contribution in [-0.4, -0.2) is 10.5 Å². The number of carbonyl (C=O) groups excluding carboxylic acids is 1. The fourth-order valence-corrected chi connectivity index (χ4v) is 2.86. The Hall–Kier alpha value is -2.55. The lowest BCUT2D eigenvalue weighted by Crippen LogP contribution is -2.30. The molecule has 1 atom stereocenters. The van der Waals surface area contributed by atoms with E-state index in [1.807, 2.05) is 36.5 Å². The maximum Gasteiger partial charge on any atom is 0.0531 e. The summed E-state index contributed by atoms with van der Waals surface area (Å²) in [7, 11) is 0. The van der Waals surface area contributed by atoms with Gasteiger partial charge < -0.3 is 14.5 Å². The van der Waals surface area contributed by atoms with E-state index in [0.29, 0.717) is 6.42 Å². The van der Waals surface area contributed by atoms with E-state index in [9.17, 15) is 9.90 Å². The number of carboxylic acid groups (broad SMARTS) is 1. The van der Waals surface area contributed by atoms with Crippen LogP contribution >= 0.6 is 0 Å². The molecular weight excluding hydrogens is 274 g/mol. The highest BCUT2D eigenvalue weighted by Crippen LogP contribution is 2.27. The molecule has 3 nitrogen and oxygen atoms in total. The third-order valence-electron chi connectivity index (χ3n) is 4.10. The van der Waals surface area contributed by atoms with Gasteiger partial charge in [0, 0.05) is 23.2 Å². The van der Waals surface area contributed by atoms with E-state index in [-0.39, 0.29) is 0 Å². The summed E-state index contributed by atoms with van der Waals surface area (Å²) in [6.07, 6.45) is 2.52. The monoisotopic (exact) mass is 292 g/mol. The Morgan fingerprint density at radius 3 is 2.55 bits per heavy atom. The zero-order valence-corrected chi connectivity index (χ0v) is 12.7. The van der Waals surface area contributed by atoms with Gasteiger partial charge in [-0.2, -0.15) is 0 Å². The van der Waals surface area contributed by atoms with Crippen molar-refractivity contribution in [1.82, 2.24) is 4.57 Å². The number of para-hydroxylation sites is 2. The van der Waals surface area contributed by atoms with Crippen LogP contribution in [0.4, 0.5) is 0 Å². The molecule has 0 aliphatic heterocycles. The van der Waals surface area contributed by atoms with Crippen molar-refractivity contribution in [3.8, 4) is 5.69 Å². The molecule has 0 aliphatic carbocycles. The lowest BCUT2D eigenvalue weighted by atomic mass is 10.0. The third-order valence-corrected chi connectivity index (χ3v) is 4.10. The predicted molar refractivity (Wildman–Crippen MR) is 85.9 cm³/mol. The third kappa shape index (κ3) is 2.50. The number of carboxylic acids is 1. The van der Waals surface area contributed by atoms with Crippen LogP contribution in [0.3, 0.4) is 0 Å². The number of rotatable bonds is 4. The van der Waals surface area contributed by atoms with Crippen LogP contribution < -0.4 is 5.11 Å². The number of aromatic nitrogens is 1. The minimum atomic E-state index is -1.01. The van der Waals surface area contributed by atoms with Gasteiger partial charge in [0.2, 0.25) is 0 Å². The number of aryl methyl sites for hydroxylation is 1. The van der Waals surface area contributed by atoms with Crippen LogP contribution in [0.25, 0.3) is 16.6 Å². The molecule has 0 amide bonds. The van der Waals surface area contributed by atoms with Gasteiger partial charge in [0.25, 0.3) is 0 Å². The Kier molecular flexibility index (Phi) is 3.72. The van der Waals surface area contributed by atoms with Crippen LogP contribution in [0.1, 0.15) is 18.1 Å². The van der Waals surface area contributed by atoms with Crippen LogP contribution in [-0.2, 0) is 11.2 Å². The minimum Gasteiger partial charge on any atom is -0.550 e. The smallest absolute Gasteiger partial charge is 0.0531 e. The summed E-state index contributed by atoms with van der Waals surface area (Å²) < 4.78 is 2.14. The van der Waals surface area contributed by atoms with Crippen molar-refractivity contribution in [3.63, 3.8) is 0 Å². The number of hydrogen-bond acceptors (Lipinski definition) is 2. The van der Waals surface area contributed by atoms with Crippen molar-refractivity contribution < 1.29 is 9.90 Å². The highest BCUT2D eigenvalue weighted by Gasteiger charge is 2.13. The Morgan fingerprint density at radius 2 is 1.82 bits per heavy atom. The average molecular weight is 292 g/mol. The zero-order valence-electron chi connectivity index (χ0n) is 12.7. The van der Waals surface area contributed by atoms with Crippen molar-refractivity contribution in [3.05, 3.63) is 65.9 Å². The van der Waals surface area contributed by atoms with E-state index in [1.54, 1.807) is 6.92 Å². The largest absolute Gasteiger partial charge is 0.550 e. The second-order valence-electron chi connectivity index (χ2n) is 5.75. The Balaban J connectivity index is 2.16. The second kappa shape index (κ2) is 5.68. The predicted octanol–water partition coefficient (Wildman–Crippen LogP) is 2.87. The number of hydrogen-bond donors (Lipinski definition) is 0. The summed E-state index contributed by atoms with van der Waals surface area (Å²) in [6, 6.07) is 16.3. The lowest BCUT2D eigenvalue weighted by molar-refractivity contribution is -0.310. The molecule has 3 rings (SSSR count). The molecule has 0 fully saturated rings. The Morgan fingerprint density at radius 1 is 1.14 bits per heavy atom. The lowest BCUT2D eigenvalue weighted by Gasteiger charge is -2.11. The van der Waals surface area contributed by atoms with E-state index in [0.717, 1.165) is 22.2 Å². The summed E-state index contributed by atoms with van der Waals surface area (Å²) in [4.78, 5) is 11.1. The molecule has 0 aliphatic rings. The summed E-state index contributed by atoms with van der Waals surface area (Å²) >= 11 is 0. The van der Waals surface area contributed by atoms with Crippen LogP contribution in [0.5, 0.6) is 0 Å². The van der Waals surface area contributed by atoms with Gasteiger partial charge >= 0.3 is 0 Å². The molecule has 2 aromatic carbocycles. The highest BCUT2D eigenvalue weighted by atomic mass is 16.4. The Bertz CT molecular complexity index is 832. The van der Waals surface area contributed by atoms with E-state index >= 15 is 0 Å². The summed E-state index contributed by atoms with van der Waals surface area (Å²) in [5.41, 5.74) is 4.43. The van der Waals surface area contributed by atoms with E-state index in [1.165, 1.54) is 5.56 Å². The molecule has 0 saturated heterocycles. The molecule has 0 N–H and O–H groups in total. The first-order chi connectivity index (χ1) is 10.6. The second-order valence-corrected chi connectivity index (χ2v) is 5.75. The molecule has 3 aromatic rings.